The summed E-state index contributed by atoms with van der Waals surface area (Å²) in [5, 5.41) is 4.55. The van der Waals surface area contributed by atoms with Crippen LogP contribution in [0.1, 0.15) is 37.6 Å². The summed E-state index contributed by atoms with van der Waals surface area (Å²) in [6, 6.07) is 8.34. The molecule has 3 nitrogen and oxygen atoms in total. The molecule has 3 heteroatoms. The molecule has 0 bridgehead atoms. The minimum atomic E-state index is 0.0372. The summed E-state index contributed by atoms with van der Waals surface area (Å²) in [5.74, 6) is 0. The van der Waals surface area contributed by atoms with Crippen molar-refractivity contribution < 1.29 is 0 Å². The average Bonchev–Trinajstić information content (AvgIpc) is 2.70. The van der Waals surface area contributed by atoms with Crippen molar-refractivity contribution in [2.75, 3.05) is 0 Å². The van der Waals surface area contributed by atoms with Gasteiger partial charge in [-0.05, 0) is 31.4 Å². The van der Waals surface area contributed by atoms with Gasteiger partial charge in [0.05, 0.1) is 5.69 Å². The van der Waals surface area contributed by atoms with Gasteiger partial charge in [-0.1, -0.05) is 31.2 Å². The maximum absolute atomic E-state index is 6.04. The minimum Gasteiger partial charge on any atom is -0.324 e. The number of aryl methyl sites for hydroxylation is 2. The largest absolute Gasteiger partial charge is 0.324 e. The Bertz CT molecular complexity index is 526. The maximum Gasteiger partial charge on any atom is 0.0672 e. The van der Waals surface area contributed by atoms with Gasteiger partial charge in [0.2, 0.25) is 0 Å². The highest BCUT2D eigenvalue weighted by atomic mass is 15.3. The van der Waals surface area contributed by atoms with E-state index in [0.29, 0.717) is 0 Å². The minimum absolute atomic E-state index is 0.0372. The number of nitrogens with zero attached hydrogens (tertiary/aromatic N) is 2. The maximum atomic E-state index is 6.04. The van der Waals surface area contributed by atoms with Gasteiger partial charge in [-0.15, -0.1) is 0 Å². The Labute approximate surface area is 109 Å². The van der Waals surface area contributed by atoms with Crippen LogP contribution in [0.25, 0.3) is 11.1 Å². The van der Waals surface area contributed by atoms with Crippen LogP contribution in [0.3, 0.4) is 0 Å². The Morgan fingerprint density at radius 3 is 2.67 bits per heavy atom. The first-order chi connectivity index (χ1) is 8.63. The zero-order chi connectivity index (χ0) is 13.1. The van der Waals surface area contributed by atoms with Crippen LogP contribution < -0.4 is 5.73 Å². The molecule has 0 aliphatic heterocycles. The third-order valence-corrected chi connectivity index (χ3v) is 3.14. The summed E-state index contributed by atoms with van der Waals surface area (Å²) in [5.41, 5.74) is 10.7. The lowest BCUT2D eigenvalue weighted by Crippen LogP contribution is -2.06. The van der Waals surface area contributed by atoms with Gasteiger partial charge in [-0.25, -0.2) is 0 Å². The van der Waals surface area contributed by atoms with E-state index in [9.17, 15) is 0 Å². The molecule has 0 amide bonds. The molecule has 0 radical (unpaired) electrons. The highest BCUT2D eigenvalue weighted by molar-refractivity contribution is 5.69. The van der Waals surface area contributed by atoms with Crippen LogP contribution in [-0.4, -0.2) is 9.78 Å². The highest BCUT2D eigenvalue weighted by Crippen LogP contribution is 2.29. The van der Waals surface area contributed by atoms with Gasteiger partial charge < -0.3 is 5.73 Å². The second kappa shape index (κ2) is 5.36. The molecule has 0 aliphatic carbocycles. The van der Waals surface area contributed by atoms with Crippen molar-refractivity contribution in [3.8, 4) is 11.1 Å². The van der Waals surface area contributed by atoms with Crippen molar-refractivity contribution in [2.24, 2.45) is 5.73 Å². The SMILES string of the molecule is CCCn1cc(-c2ccccc2C(C)N)c(C)n1. The fraction of sp³-hybridized carbons (Fsp3) is 0.400. The molecule has 0 saturated heterocycles. The van der Waals surface area contributed by atoms with Crippen LogP contribution >= 0.6 is 0 Å². The zero-order valence-corrected chi connectivity index (χ0v) is 11.4. The number of aromatic nitrogens is 2. The number of hydrogen-bond donors (Lipinski definition) is 1. The molecule has 1 aromatic carbocycles. The van der Waals surface area contributed by atoms with Crippen LogP contribution in [0.4, 0.5) is 0 Å². The van der Waals surface area contributed by atoms with Crippen LogP contribution in [0.15, 0.2) is 30.5 Å². The lowest BCUT2D eigenvalue weighted by molar-refractivity contribution is 0.598. The number of rotatable bonds is 4. The molecular weight excluding hydrogens is 222 g/mol. The van der Waals surface area contributed by atoms with Crippen LogP contribution in [0.2, 0.25) is 0 Å². The summed E-state index contributed by atoms with van der Waals surface area (Å²) in [6.07, 6.45) is 3.22. The summed E-state index contributed by atoms with van der Waals surface area (Å²) < 4.78 is 2.02. The van der Waals surface area contributed by atoms with Gasteiger partial charge in [0.1, 0.15) is 0 Å². The molecule has 96 valence electrons. The first-order valence-corrected chi connectivity index (χ1v) is 6.52. The van der Waals surface area contributed by atoms with Crippen LogP contribution in [0, 0.1) is 6.92 Å². The van der Waals surface area contributed by atoms with E-state index in [1.165, 1.54) is 16.7 Å². The van der Waals surface area contributed by atoms with Crippen LogP contribution in [-0.2, 0) is 6.54 Å². The molecule has 2 aromatic rings. The van der Waals surface area contributed by atoms with Crippen molar-refractivity contribution in [3.63, 3.8) is 0 Å². The molecule has 0 fully saturated rings. The van der Waals surface area contributed by atoms with Gasteiger partial charge in [0.15, 0.2) is 0 Å². The second-order valence-corrected chi connectivity index (χ2v) is 4.77. The Morgan fingerprint density at radius 1 is 1.28 bits per heavy atom. The number of benzene rings is 1. The molecule has 2 rings (SSSR count). The molecule has 0 saturated carbocycles. The Hall–Kier alpha value is -1.61. The van der Waals surface area contributed by atoms with Crippen LogP contribution in [0.5, 0.6) is 0 Å². The zero-order valence-electron chi connectivity index (χ0n) is 11.4. The second-order valence-electron chi connectivity index (χ2n) is 4.77. The molecule has 1 atom stereocenters. The predicted molar refractivity (Wildman–Crippen MR) is 75.3 cm³/mol. The predicted octanol–water partition coefficient (Wildman–Crippen LogP) is 3.29. The monoisotopic (exact) mass is 243 g/mol. The molecule has 1 heterocycles. The van der Waals surface area contributed by atoms with Crippen molar-refractivity contribution in [1.82, 2.24) is 9.78 Å². The van der Waals surface area contributed by atoms with Crippen molar-refractivity contribution in [2.45, 2.75) is 39.8 Å². The van der Waals surface area contributed by atoms with Crippen molar-refractivity contribution >= 4 is 0 Å². The first-order valence-electron chi connectivity index (χ1n) is 6.52. The van der Waals surface area contributed by atoms with E-state index in [1.54, 1.807) is 0 Å². The molecule has 1 unspecified atom stereocenters. The van der Waals surface area contributed by atoms with Gasteiger partial charge in [0, 0.05) is 24.3 Å². The van der Waals surface area contributed by atoms with E-state index in [1.807, 2.05) is 17.7 Å². The Kier molecular flexibility index (Phi) is 3.82. The quantitative estimate of drug-likeness (QED) is 0.895. The fourth-order valence-electron chi connectivity index (χ4n) is 2.27. The van der Waals surface area contributed by atoms with Gasteiger partial charge >= 0.3 is 0 Å². The van der Waals surface area contributed by atoms with Gasteiger partial charge in [0.25, 0.3) is 0 Å². The third-order valence-electron chi connectivity index (χ3n) is 3.14. The molecular formula is C15H21N3. The Balaban J connectivity index is 2.48. The summed E-state index contributed by atoms with van der Waals surface area (Å²) >= 11 is 0. The summed E-state index contributed by atoms with van der Waals surface area (Å²) in [6.45, 7) is 7.19. The molecule has 0 spiro atoms. The van der Waals surface area contributed by atoms with E-state index in [-0.39, 0.29) is 6.04 Å². The topological polar surface area (TPSA) is 43.8 Å². The normalized spacial score (nSPS) is 12.7. The van der Waals surface area contributed by atoms with Gasteiger partial charge in [-0.3, -0.25) is 4.68 Å². The fourth-order valence-corrected chi connectivity index (χ4v) is 2.27. The standard InChI is InChI=1S/C15H21N3/c1-4-9-18-10-15(12(3)17-18)14-8-6-5-7-13(14)11(2)16/h5-8,10-11H,4,9,16H2,1-3H3. The smallest absolute Gasteiger partial charge is 0.0672 e. The lowest BCUT2D eigenvalue weighted by atomic mass is 9.96. The lowest BCUT2D eigenvalue weighted by Gasteiger charge is -2.11. The first kappa shape index (κ1) is 12.8. The van der Waals surface area contributed by atoms with E-state index >= 15 is 0 Å². The summed E-state index contributed by atoms with van der Waals surface area (Å²) in [4.78, 5) is 0. The highest BCUT2D eigenvalue weighted by Gasteiger charge is 2.12. The van der Waals surface area contributed by atoms with E-state index in [0.717, 1.165) is 18.7 Å². The molecule has 0 aliphatic rings. The van der Waals surface area contributed by atoms with E-state index < -0.39 is 0 Å². The number of nitrogens with two attached hydrogens (primary N) is 1. The van der Waals surface area contributed by atoms with Crippen molar-refractivity contribution in [3.05, 3.63) is 41.7 Å². The average molecular weight is 243 g/mol. The third kappa shape index (κ3) is 2.46. The van der Waals surface area contributed by atoms with E-state index in [2.05, 4.69) is 43.3 Å². The Morgan fingerprint density at radius 2 is 2.00 bits per heavy atom. The molecule has 18 heavy (non-hydrogen) atoms. The van der Waals surface area contributed by atoms with Gasteiger partial charge in [-0.2, -0.15) is 5.10 Å². The van der Waals surface area contributed by atoms with E-state index in [4.69, 9.17) is 5.73 Å². The molecule has 1 aromatic heterocycles. The number of hydrogen-bond acceptors (Lipinski definition) is 2. The molecule has 2 N–H and O–H groups in total. The van der Waals surface area contributed by atoms with Crippen molar-refractivity contribution in [1.29, 1.82) is 0 Å². The summed E-state index contributed by atoms with van der Waals surface area (Å²) in [7, 11) is 0.